The maximum Gasteiger partial charge on any atom is 0.313 e. The van der Waals surface area contributed by atoms with Crippen molar-refractivity contribution in [1.82, 2.24) is 0 Å². The first-order chi connectivity index (χ1) is 13.9. The second-order valence-electron chi connectivity index (χ2n) is 10.0. The van der Waals surface area contributed by atoms with Crippen molar-refractivity contribution in [3.8, 4) is 0 Å². The molecule has 4 rings (SSSR count). The average Bonchev–Trinajstić information content (AvgIpc) is 2.94. The van der Waals surface area contributed by atoms with E-state index in [1.807, 2.05) is 6.07 Å². The first-order valence-corrected chi connectivity index (χ1v) is 11.8. The Hall–Kier alpha value is -0.880. The highest BCUT2D eigenvalue weighted by atomic mass is 127. The van der Waals surface area contributed by atoms with E-state index >= 15 is 0 Å². The number of halogens is 1. The number of rotatable bonds is 5. The topological polar surface area (TPSA) is 26.3 Å². The van der Waals surface area contributed by atoms with E-state index in [1.54, 1.807) is 0 Å². The molecule has 1 aromatic carbocycles. The van der Waals surface area contributed by atoms with Crippen molar-refractivity contribution >= 4 is 11.5 Å². The normalized spacial score (nSPS) is 30.0. The number of fused-ring (bicyclic) bond motifs is 2. The van der Waals surface area contributed by atoms with Gasteiger partial charge in [0, 0.05) is 25.7 Å². The Morgan fingerprint density at radius 1 is 0.967 bits per heavy atom. The number of benzene rings is 1. The summed E-state index contributed by atoms with van der Waals surface area (Å²) in [7, 11) is 0. The molecular formula is C26H38INO2. The van der Waals surface area contributed by atoms with E-state index in [1.165, 1.54) is 28.5 Å². The van der Waals surface area contributed by atoms with Gasteiger partial charge < -0.3 is 33.2 Å². The van der Waals surface area contributed by atoms with E-state index in [4.69, 9.17) is 4.74 Å². The van der Waals surface area contributed by atoms with Crippen LogP contribution < -0.4 is 24.0 Å². The lowest BCUT2D eigenvalue weighted by Gasteiger charge is -2.55. The lowest BCUT2D eigenvalue weighted by atomic mass is 9.83. The third-order valence-corrected chi connectivity index (χ3v) is 8.07. The quantitative estimate of drug-likeness (QED) is 0.337. The molecule has 2 bridgehead atoms. The fraction of sp³-hybridized carbons (Fsp3) is 0.654. The molecule has 0 amide bonds. The minimum Gasteiger partial charge on any atom is -1.00 e. The molecule has 166 valence electrons. The van der Waals surface area contributed by atoms with Crippen LogP contribution in [-0.4, -0.2) is 40.7 Å². The third kappa shape index (κ3) is 4.11. The lowest BCUT2D eigenvalue weighted by molar-refractivity contribution is -1.00. The SMILES string of the molecule is CC(C)[N+]1(C(C)C)C2CCC1CC(OC(=O)C1CCCC=C1c1ccccc1)C2.[I-]. The third-order valence-electron chi connectivity index (χ3n) is 8.07. The fourth-order valence-corrected chi connectivity index (χ4v) is 7.13. The predicted octanol–water partition coefficient (Wildman–Crippen LogP) is 2.74. The molecule has 0 N–H and O–H groups in total. The number of ether oxygens (including phenoxy) is 1. The van der Waals surface area contributed by atoms with Gasteiger partial charge in [0.05, 0.1) is 30.1 Å². The summed E-state index contributed by atoms with van der Waals surface area (Å²) in [5.74, 6) is -0.0847. The second-order valence-corrected chi connectivity index (χ2v) is 10.0. The Bertz CT molecular complexity index is 734. The standard InChI is InChI=1S/C26H38NO2.HI/c1-18(2)27(19(3)4)21-14-15-22(27)17-23(16-21)29-26(28)25-13-9-8-12-24(25)20-10-6-5-7-11-20;/h5-7,10-12,18-19,21-23,25H,8-9,13-17H2,1-4H3;1H/q+1;/p-1. The van der Waals surface area contributed by atoms with Crippen molar-refractivity contribution in [3.05, 3.63) is 42.0 Å². The summed E-state index contributed by atoms with van der Waals surface area (Å²) in [6.07, 6.45) is 10.1. The molecule has 2 heterocycles. The van der Waals surface area contributed by atoms with Crippen molar-refractivity contribution in [3.63, 3.8) is 0 Å². The van der Waals surface area contributed by atoms with Gasteiger partial charge in [-0.1, -0.05) is 36.4 Å². The zero-order valence-electron chi connectivity index (χ0n) is 19.0. The molecule has 0 aromatic heterocycles. The lowest BCUT2D eigenvalue weighted by Crippen LogP contribution is -3.00. The summed E-state index contributed by atoms with van der Waals surface area (Å²) in [6.45, 7) is 9.54. The zero-order chi connectivity index (χ0) is 20.6. The number of nitrogens with zero attached hydrogens (tertiary/aromatic N) is 1. The first kappa shape index (κ1) is 23.8. The van der Waals surface area contributed by atoms with Crippen LogP contribution in [0.5, 0.6) is 0 Å². The van der Waals surface area contributed by atoms with Crippen molar-refractivity contribution in [2.75, 3.05) is 0 Å². The largest absolute Gasteiger partial charge is 1.00 e. The molecule has 2 aliphatic heterocycles. The van der Waals surface area contributed by atoms with Crippen LogP contribution in [-0.2, 0) is 9.53 Å². The van der Waals surface area contributed by atoms with E-state index < -0.39 is 0 Å². The maximum absolute atomic E-state index is 13.2. The van der Waals surface area contributed by atoms with Gasteiger partial charge in [0.15, 0.2) is 0 Å². The van der Waals surface area contributed by atoms with Crippen molar-refractivity contribution < 1.29 is 38.0 Å². The molecule has 1 aromatic rings. The summed E-state index contributed by atoms with van der Waals surface area (Å²) in [4.78, 5) is 13.2. The molecule has 3 nitrogen and oxygen atoms in total. The van der Waals surface area contributed by atoms with Crippen LogP contribution in [0.1, 0.15) is 78.2 Å². The smallest absolute Gasteiger partial charge is 0.313 e. The van der Waals surface area contributed by atoms with Gasteiger partial charge in [-0.2, -0.15) is 0 Å². The Morgan fingerprint density at radius 2 is 1.57 bits per heavy atom. The minimum atomic E-state index is -0.0971. The van der Waals surface area contributed by atoms with Crippen LogP contribution in [0.3, 0.4) is 0 Å². The highest BCUT2D eigenvalue weighted by molar-refractivity contribution is 5.89. The van der Waals surface area contributed by atoms with Gasteiger partial charge in [0.2, 0.25) is 0 Å². The number of carbonyl (C=O) groups is 1. The van der Waals surface area contributed by atoms with Gasteiger partial charge in [-0.15, -0.1) is 0 Å². The predicted molar refractivity (Wildman–Crippen MR) is 118 cm³/mol. The molecule has 3 unspecified atom stereocenters. The number of hydrogen-bond acceptors (Lipinski definition) is 2. The summed E-state index contributed by atoms with van der Waals surface area (Å²) in [6, 6.07) is 12.9. The van der Waals surface area contributed by atoms with Gasteiger partial charge in [-0.3, -0.25) is 4.79 Å². The van der Waals surface area contributed by atoms with Crippen LogP contribution >= 0.6 is 0 Å². The molecule has 0 radical (unpaired) electrons. The van der Waals surface area contributed by atoms with Gasteiger partial charge in [-0.25, -0.2) is 0 Å². The Kier molecular flexibility index (Phi) is 7.71. The van der Waals surface area contributed by atoms with Gasteiger partial charge in [0.25, 0.3) is 0 Å². The van der Waals surface area contributed by atoms with Crippen LogP contribution in [0.4, 0.5) is 0 Å². The number of carbonyl (C=O) groups excluding carboxylic acids is 1. The van der Waals surface area contributed by atoms with Crippen LogP contribution in [0.2, 0.25) is 0 Å². The Morgan fingerprint density at radius 3 is 2.13 bits per heavy atom. The maximum atomic E-state index is 13.2. The number of esters is 1. The number of piperidine rings is 1. The molecular weight excluding hydrogens is 485 g/mol. The number of allylic oxidation sites excluding steroid dienone is 1. The first-order valence-electron chi connectivity index (χ1n) is 11.8. The molecule has 4 heteroatoms. The molecule has 3 atom stereocenters. The molecule has 0 spiro atoms. The summed E-state index contributed by atoms with van der Waals surface area (Å²) in [5.41, 5.74) is 2.35. The Balaban J connectivity index is 0.00000256. The highest BCUT2D eigenvalue weighted by Gasteiger charge is 2.57. The van der Waals surface area contributed by atoms with E-state index in [9.17, 15) is 4.79 Å². The zero-order valence-corrected chi connectivity index (χ0v) is 21.2. The van der Waals surface area contributed by atoms with Gasteiger partial charge >= 0.3 is 5.97 Å². The fourth-order valence-electron chi connectivity index (χ4n) is 7.13. The van der Waals surface area contributed by atoms with Crippen LogP contribution in [0, 0.1) is 5.92 Å². The van der Waals surface area contributed by atoms with Gasteiger partial charge in [0.1, 0.15) is 6.10 Å². The monoisotopic (exact) mass is 523 g/mol. The second kappa shape index (κ2) is 9.72. The summed E-state index contributed by atoms with van der Waals surface area (Å²) in [5, 5.41) is 0. The highest BCUT2D eigenvalue weighted by Crippen LogP contribution is 2.47. The Labute approximate surface area is 199 Å². The van der Waals surface area contributed by atoms with E-state index in [0.717, 1.165) is 32.1 Å². The molecule has 3 aliphatic rings. The average molecular weight is 523 g/mol. The molecule has 30 heavy (non-hydrogen) atoms. The van der Waals surface area contributed by atoms with E-state index in [2.05, 4.69) is 58.0 Å². The van der Waals surface area contributed by atoms with Gasteiger partial charge in [-0.05, 0) is 58.1 Å². The van der Waals surface area contributed by atoms with Crippen LogP contribution in [0.15, 0.2) is 36.4 Å². The molecule has 1 aliphatic carbocycles. The van der Waals surface area contributed by atoms with Crippen molar-refractivity contribution in [1.29, 1.82) is 0 Å². The summed E-state index contributed by atoms with van der Waals surface area (Å²) >= 11 is 0. The molecule has 2 saturated heterocycles. The van der Waals surface area contributed by atoms with Crippen LogP contribution in [0.25, 0.3) is 5.57 Å². The minimum absolute atomic E-state index is 0. The number of quaternary nitrogens is 1. The van der Waals surface area contributed by atoms with E-state index in [-0.39, 0.29) is 42.0 Å². The van der Waals surface area contributed by atoms with Crippen molar-refractivity contribution in [2.24, 2.45) is 5.92 Å². The van der Waals surface area contributed by atoms with E-state index in [0.29, 0.717) is 24.2 Å². The molecule has 2 fully saturated rings. The number of hydrogen-bond donors (Lipinski definition) is 0. The van der Waals surface area contributed by atoms with Crippen molar-refractivity contribution in [2.45, 2.75) is 103 Å². The molecule has 0 saturated carbocycles. The summed E-state index contributed by atoms with van der Waals surface area (Å²) < 4.78 is 7.46.